The van der Waals surface area contributed by atoms with E-state index in [1.54, 1.807) is 24.3 Å². The molecule has 92 valence electrons. The number of halogens is 4. The predicted octanol–water partition coefficient (Wildman–Crippen LogP) is 6.47. The number of hydrogen-bond donors (Lipinski definition) is 0. The van der Waals surface area contributed by atoms with Gasteiger partial charge in [-0.15, -0.1) is 0 Å². The molecule has 0 bridgehead atoms. The Bertz CT molecular complexity index is 549. The fourth-order valence-corrected chi connectivity index (χ4v) is 2.40. The van der Waals surface area contributed by atoms with Crippen molar-refractivity contribution < 1.29 is 0 Å². The average molecular weight is 318 g/mol. The highest BCUT2D eigenvalue weighted by molar-refractivity contribution is 6.36. The maximum absolute atomic E-state index is 6.07. The van der Waals surface area contributed by atoms with E-state index in [2.05, 4.69) is 0 Å². The van der Waals surface area contributed by atoms with E-state index in [0.29, 0.717) is 20.1 Å². The average Bonchev–Trinajstić information content (AvgIpc) is 2.30. The summed E-state index contributed by atoms with van der Waals surface area (Å²) < 4.78 is 0. The summed E-state index contributed by atoms with van der Waals surface area (Å²) in [4.78, 5) is 0. The molecule has 0 spiro atoms. The number of benzene rings is 2. The van der Waals surface area contributed by atoms with Gasteiger partial charge in [-0.2, -0.15) is 0 Å². The van der Waals surface area contributed by atoms with Gasteiger partial charge in [0.1, 0.15) is 0 Å². The van der Waals surface area contributed by atoms with Gasteiger partial charge in [-0.3, -0.25) is 0 Å². The minimum atomic E-state index is 0.601. The van der Waals surface area contributed by atoms with Gasteiger partial charge in [-0.1, -0.05) is 70.7 Å². The van der Waals surface area contributed by atoms with Crippen LogP contribution in [0.4, 0.5) is 0 Å². The second-order valence-electron chi connectivity index (χ2n) is 3.67. The predicted molar refractivity (Wildman–Crippen MR) is 81.9 cm³/mol. The molecule has 0 aliphatic rings. The van der Waals surface area contributed by atoms with Crippen molar-refractivity contribution in [1.29, 1.82) is 0 Å². The van der Waals surface area contributed by atoms with Crippen LogP contribution in [-0.4, -0.2) is 0 Å². The smallest absolute Gasteiger partial charge is 0.0493 e. The zero-order valence-electron chi connectivity index (χ0n) is 9.13. The van der Waals surface area contributed by atoms with Gasteiger partial charge in [0.15, 0.2) is 0 Å². The Balaban J connectivity index is 2.30. The van der Waals surface area contributed by atoms with Gasteiger partial charge < -0.3 is 0 Å². The molecule has 4 heteroatoms. The minimum Gasteiger partial charge on any atom is -0.0843 e. The van der Waals surface area contributed by atoms with Crippen molar-refractivity contribution in [2.75, 3.05) is 0 Å². The Morgan fingerprint density at radius 3 is 1.33 bits per heavy atom. The maximum Gasteiger partial charge on any atom is 0.0493 e. The zero-order chi connectivity index (χ0) is 13.1. The van der Waals surface area contributed by atoms with Crippen molar-refractivity contribution in [3.8, 4) is 0 Å². The largest absolute Gasteiger partial charge is 0.0843 e. The van der Waals surface area contributed by atoms with E-state index in [9.17, 15) is 0 Å². The number of rotatable bonds is 2. The summed E-state index contributed by atoms with van der Waals surface area (Å²) in [6, 6.07) is 10.7. The minimum absolute atomic E-state index is 0.601. The summed E-state index contributed by atoms with van der Waals surface area (Å²) in [6.45, 7) is 0. The molecule has 0 atom stereocenters. The van der Waals surface area contributed by atoms with Gasteiger partial charge in [0.25, 0.3) is 0 Å². The second kappa shape index (κ2) is 5.99. The van der Waals surface area contributed by atoms with Crippen molar-refractivity contribution in [3.05, 3.63) is 67.6 Å². The van der Waals surface area contributed by atoms with Crippen molar-refractivity contribution in [2.24, 2.45) is 0 Å². The quantitative estimate of drug-likeness (QED) is 0.557. The third-order valence-corrected chi connectivity index (χ3v) is 3.49. The van der Waals surface area contributed by atoms with Gasteiger partial charge >= 0.3 is 0 Å². The SMILES string of the molecule is Clc1ccc(/C=C\c2ccc(Cl)cc2Cl)c(Cl)c1. The van der Waals surface area contributed by atoms with Crippen molar-refractivity contribution >= 4 is 58.6 Å². The Kier molecular flexibility index (Phi) is 4.58. The molecule has 2 aromatic carbocycles. The lowest BCUT2D eigenvalue weighted by Crippen LogP contribution is -1.77. The first kappa shape index (κ1) is 13.8. The molecule has 0 aliphatic carbocycles. The highest BCUT2D eigenvalue weighted by Crippen LogP contribution is 2.25. The van der Waals surface area contributed by atoms with E-state index in [0.717, 1.165) is 11.1 Å². The molecular weight excluding hydrogens is 310 g/mol. The topological polar surface area (TPSA) is 0 Å². The lowest BCUT2D eigenvalue weighted by molar-refractivity contribution is 1.64. The maximum atomic E-state index is 6.07. The van der Waals surface area contributed by atoms with Gasteiger partial charge in [0, 0.05) is 20.1 Å². The molecule has 0 unspecified atom stereocenters. The van der Waals surface area contributed by atoms with Crippen LogP contribution in [0.2, 0.25) is 20.1 Å². The molecule has 0 fully saturated rings. The first-order valence-corrected chi connectivity index (χ1v) is 6.65. The van der Waals surface area contributed by atoms with Gasteiger partial charge in [-0.05, 0) is 35.4 Å². The number of hydrogen-bond acceptors (Lipinski definition) is 0. The van der Waals surface area contributed by atoms with Gasteiger partial charge in [0.05, 0.1) is 0 Å². The van der Waals surface area contributed by atoms with Gasteiger partial charge in [-0.25, -0.2) is 0 Å². The lowest BCUT2D eigenvalue weighted by Gasteiger charge is -2.01. The summed E-state index contributed by atoms with van der Waals surface area (Å²) in [5.74, 6) is 0. The zero-order valence-corrected chi connectivity index (χ0v) is 12.2. The molecule has 0 radical (unpaired) electrons. The highest BCUT2D eigenvalue weighted by Gasteiger charge is 2.00. The van der Waals surface area contributed by atoms with Crippen molar-refractivity contribution in [3.63, 3.8) is 0 Å². The van der Waals surface area contributed by atoms with Crippen LogP contribution in [0.15, 0.2) is 36.4 Å². The van der Waals surface area contributed by atoms with Crippen LogP contribution >= 0.6 is 46.4 Å². The molecule has 0 saturated heterocycles. The Labute approximate surface area is 126 Å². The van der Waals surface area contributed by atoms with Crippen molar-refractivity contribution in [1.82, 2.24) is 0 Å². The molecule has 0 N–H and O–H groups in total. The van der Waals surface area contributed by atoms with Crippen LogP contribution in [0.1, 0.15) is 11.1 Å². The summed E-state index contributed by atoms with van der Waals surface area (Å²) in [6.07, 6.45) is 3.77. The third-order valence-electron chi connectivity index (χ3n) is 2.37. The normalized spacial score (nSPS) is 11.1. The molecule has 0 aliphatic heterocycles. The second-order valence-corrected chi connectivity index (χ2v) is 5.35. The van der Waals surface area contributed by atoms with Crippen LogP contribution in [0.3, 0.4) is 0 Å². The molecule has 0 saturated carbocycles. The molecule has 0 aromatic heterocycles. The standard InChI is InChI=1S/C14H8Cl4/c15-11-5-3-9(13(17)7-11)1-2-10-4-6-12(16)8-14(10)18/h1-8H/b2-1-. The first-order chi connectivity index (χ1) is 8.56. The summed E-state index contributed by atoms with van der Waals surface area (Å²) in [5, 5.41) is 2.43. The molecule has 2 rings (SSSR count). The van der Waals surface area contributed by atoms with Crippen LogP contribution in [0, 0.1) is 0 Å². The van der Waals surface area contributed by atoms with Crippen molar-refractivity contribution in [2.45, 2.75) is 0 Å². The van der Waals surface area contributed by atoms with Gasteiger partial charge in [0.2, 0.25) is 0 Å². The van der Waals surface area contributed by atoms with E-state index in [1.165, 1.54) is 0 Å². The first-order valence-electron chi connectivity index (χ1n) is 5.14. The highest BCUT2D eigenvalue weighted by atomic mass is 35.5. The summed E-state index contributed by atoms with van der Waals surface area (Å²) >= 11 is 23.8. The van der Waals surface area contributed by atoms with E-state index >= 15 is 0 Å². The fraction of sp³-hybridized carbons (Fsp3) is 0. The molecule has 18 heavy (non-hydrogen) atoms. The molecule has 0 heterocycles. The Morgan fingerprint density at radius 1 is 0.611 bits per heavy atom. The monoisotopic (exact) mass is 316 g/mol. The van der Waals surface area contributed by atoms with Crippen LogP contribution in [0.5, 0.6) is 0 Å². The van der Waals surface area contributed by atoms with E-state index in [-0.39, 0.29) is 0 Å². The fourth-order valence-electron chi connectivity index (χ4n) is 1.45. The van der Waals surface area contributed by atoms with Crippen LogP contribution in [0.25, 0.3) is 12.2 Å². The van der Waals surface area contributed by atoms with E-state index in [4.69, 9.17) is 46.4 Å². The summed E-state index contributed by atoms with van der Waals surface area (Å²) in [5.41, 5.74) is 1.76. The Hall–Kier alpha value is -0.660. The lowest BCUT2D eigenvalue weighted by atomic mass is 10.1. The molecule has 0 nitrogen and oxygen atoms in total. The molecular formula is C14H8Cl4. The van der Waals surface area contributed by atoms with E-state index in [1.807, 2.05) is 24.3 Å². The van der Waals surface area contributed by atoms with E-state index < -0.39 is 0 Å². The molecule has 2 aromatic rings. The van der Waals surface area contributed by atoms with Crippen LogP contribution < -0.4 is 0 Å². The third kappa shape index (κ3) is 3.43. The van der Waals surface area contributed by atoms with Crippen LogP contribution in [-0.2, 0) is 0 Å². The summed E-state index contributed by atoms with van der Waals surface area (Å²) in [7, 11) is 0. The molecule has 0 amide bonds. The Morgan fingerprint density at radius 2 is 1.00 bits per heavy atom.